The molecule has 0 spiro atoms. The average molecular weight is 273 g/mol. The molecule has 1 saturated carbocycles. The summed E-state index contributed by atoms with van der Waals surface area (Å²) >= 11 is 0. The van der Waals surface area contributed by atoms with Gasteiger partial charge < -0.3 is 9.64 Å². The maximum absolute atomic E-state index is 12.8. The lowest BCUT2D eigenvalue weighted by atomic mass is 9.93. The first-order valence-electron chi connectivity index (χ1n) is 7.32. The number of ether oxygens (including phenoxy) is 1. The lowest BCUT2D eigenvalue weighted by molar-refractivity contribution is 0.0659. The number of hydrogen-bond acceptors (Lipinski definition) is 2. The molecule has 1 aliphatic rings. The van der Waals surface area contributed by atoms with Gasteiger partial charge in [0.25, 0.3) is 5.91 Å². The average Bonchev–Trinajstić information content (AvgIpc) is 2.52. The van der Waals surface area contributed by atoms with Gasteiger partial charge in [0.1, 0.15) is 5.75 Å². The summed E-state index contributed by atoms with van der Waals surface area (Å²) in [4.78, 5) is 14.8. The summed E-state index contributed by atoms with van der Waals surface area (Å²) in [5, 5.41) is 0. The van der Waals surface area contributed by atoms with Crippen molar-refractivity contribution in [1.82, 2.24) is 4.90 Å². The third-order valence-corrected chi connectivity index (χ3v) is 3.94. The molecule has 20 heavy (non-hydrogen) atoms. The van der Waals surface area contributed by atoms with Gasteiger partial charge in [0.2, 0.25) is 0 Å². The zero-order valence-electron chi connectivity index (χ0n) is 12.2. The van der Waals surface area contributed by atoms with Crippen LogP contribution in [0.5, 0.6) is 5.75 Å². The van der Waals surface area contributed by atoms with Crippen molar-refractivity contribution in [3.63, 3.8) is 0 Å². The second kappa shape index (κ2) is 7.13. The fourth-order valence-electron chi connectivity index (χ4n) is 2.91. The van der Waals surface area contributed by atoms with Crippen molar-refractivity contribution < 1.29 is 9.53 Å². The molecule has 1 fully saturated rings. The van der Waals surface area contributed by atoms with E-state index in [2.05, 4.69) is 6.58 Å². The Morgan fingerprint density at radius 3 is 2.70 bits per heavy atom. The molecule has 3 nitrogen and oxygen atoms in total. The third-order valence-electron chi connectivity index (χ3n) is 3.94. The summed E-state index contributed by atoms with van der Waals surface area (Å²) in [5.74, 6) is 0.691. The minimum absolute atomic E-state index is 0.0502. The van der Waals surface area contributed by atoms with Crippen LogP contribution in [0.3, 0.4) is 0 Å². The van der Waals surface area contributed by atoms with E-state index in [-0.39, 0.29) is 5.91 Å². The predicted octanol–water partition coefficient (Wildman–Crippen LogP) is 3.66. The van der Waals surface area contributed by atoms with Crippen LogP contribution in [-0.4, -0.2) is 30.5 Å². The second-order valence-electron chi connectivity index (χ2n) is 5.24. The largest absolute Gasteiger partial charge is 0.496 e. The maximum Gasteiger partial charge on any atom is 0.258 e. The van der Waals surface area contributed by atoms with Crippen LogP contribution in [0.15, 0.2) is 36.9 Å². The summed E-state index contributed by atoms with van der Waals surface area (Å²) in [7, 11) is 1.60. The van der Waals surface area contributed by atoms with Crippen molar-refractivity contribution in [2.75, 3.05) is 13.7 Å². The van der Waals surface area contributed by atoms with Crippen LogP contribution >= 0.6 is 0 Å². The first kappa shape index (κ1) is 14.6. The lowest BCUT2D eigenvalue weighted by Gasteiger charge is -2.34. The van der Waals surface area contributed by atoms with Crippen molar-refractivity contribution in [1.29, 1.82) is 0 Å². The number of benzene rings is 1. The molecule has 1 aromatic rings. The third kappa shape index (κ3) is 3.21. The van der Waals surface area contributed by atoms with E-state index in [0.717, 1.165) is 12.8 Å². The van der Waals surface area contributed by atoms with Gasteiger partial charge in [-0.15, -0.1) is 6.58 Å². The van der Waals surface area contributed by atoms with E-state index in [1.165, 1.54) is 19.3 Å². The van der Waals surface area contributed by atoms with Gasteiger partial charge in [-0.25, -0.2) is 0 Å². The van der Waals surface area contributed by atoms with Gasteiger partial charge in [-0.2, -0.15) is 0 Å². The molecule has 108 valence electrons. The van der Waals surface area contributed by atoms with Crippen molar-refractivity contribution in [3.8, 4) is 5.75 Å². The number of carbonyl (C=O) groups excluding carboxylic acids is 1. The van der Waals surface area contributed by atoms with Crippen molar-refractivity contribution in [3.05, 3.63) is 42.5 Å². The number of carbonyl (C=O) groups is 1. The van der Waals surface area contributed by atoms with Gasteiger partial charge >= 0.3 is 0 Å². The van der Waals surface area contributed by atoms with Crippen LogP contribution < -0.4 is 4.74 Å². The van der Waals surface area contributed by atoms with Crippen molar-refractivity contribution in [2.24, 2.45) is 0 Å². The molecule has 0 aromatic heterocycles. The molecule has 2 rings (SSSR count). The number of amides is 1. The molecule has 0 bridgehead atoms. The number of nitrogens with zero attached hydrogens (tertiary/aromatic N) is 1. The van der Waals surface area contributed by atoms with Crippen LogP contribution in [0.25, 0.3) is 0 Å². The molecule has 3 heteroatoms. The Labute approximate surface area is 121 Å². The topological polar surface area (TPSA) is 29.5 Å². The fourth-order valence-corrected chi connectivity index (χ4v) is 2.91. The van der Waals surface area contributed by atoms with Crippen LogP contribution in [0.2, 0.25) is 0 Å². The highest BCUT2D eigenvalue weighted by molar-refractivity contribution is 5.97. The smallest absolute Gasteiger partial charge is 0.258 e. The molecular weight excluding hydrogens is 250 g/mol. The van der Waals surface area contributed by atoms with Crippen LogP contribution in [-0.2, 0) is 0 Å². The summed E-state index contributed by atoms with van der Waals surface area (Å²) in [5.41, 5.74) is 0.641. The quantitative estimate of drug-likeness (QED) is 0.766. The Hall–Kier alpha value is -1.77. The highest BCUT2D eigenvalue weighted by Gasteiger charge is 2.26. The number of methoxy groups -OCH3 is 1. The molecule has 0 N–H and O–H groups in total. The minimum atomic E-state index is 0.0502. The molecule has 0 heterocycles. The Balaban J connectivity index is 2.23. The van der Waals surface area contributed by atoms with Crippen molar-refractivity contribution in [2.45, 2.75) is 38.1 Å². The molecule has 1 amide bonds. The predicted molar refractivity (Wildman–Crippen MR) is 81.1 cm³/mol. The molecule has 0 aliphatic heterocycles. The first-order chi connectivity index (χ1) is 9.77. The van der Waals surface area contributed by atoms with E-state index in [4.69, 9.17) is 4.74 Å². The molecule has 0 atom stereocenters. The summed E-state index contributed by atoms with van der Waals surface area (Å²) in [6, 6.07) is 7.76. The molecule has 0 radical (unpaired) electrons. The Morgan fingerprint density at radius 1 is 1.35 bits per heavy atom. The second-order valence-corrected chi connectivity index (χ2v) is 5.24. The summed E-state index contributed by atoms with van der Waals surface area (Å²) in [6.45, 7) is 4.39. The van der Waals surface area contributed by atoms with Gasteiger partial charge in [-0.1, -0.05) is 37.5 Å². The van der Waals surface area contributed by atoms with Crippen LogP contribution in [0.1, 0.15) is 42.5 Å². The SMILES string of the molecule is C=CCN(C(=O)c1ccccc1OC)C1CCCCC1. The molecule has 0 saturated heterocycles. The zero-order valence-corrected chi connectivity index (χ0v) is 12.2. The van der Waals surface area contributed by atoms with E-state index in [1.807, 2.05) is 35.2 Å². The van der Waals surface area contributed by atoms with Gasteiger partial charge in [0, 0.05) is 12.6 Å². The molecular formula is C17H23NO2. The van der Waals surface area contributed by atoms with Gasteiger partial charge in [0.05, 0.1) is 12.7 Å². The maximum atomic E-state index is 12.8. The molecule has 1 aromatic carbocycles. The number of para-hydroxylation sites is 1. The molecule has 1 aliphatic carbocycles. The fraction of sp³-hybridized carbons (Fsp3) is 0.471. The minimum Gasteiger partial charge on any atom is -0.496 e. The Bertz CT molecular complexity index is 464. The van der Waals surface area contributed by atoms with E-state index >= 15 is 0 Å². The van der Waals surface area contributed by atoms with Crippen LogP contribution in [0.4, 0.5) is 0 Å². The van der Waals surface area contributed by atoms with Gasteiger partial charge in [-0.05, 0) is 25.0 Å². The van der Waals surface area contributed by atoms with E-state index in [1.54, 1.807) is 7.11 Å². The monoisotopic (exact) mass is 273 g/mol. The van der Waals surface area contributed by atoms with E-state index in [9.17, 15) is 4.79 Å². The normalized spacial score (nSPS) is 15.7. The van der Waals surface area contributed by atoms with Gasteiger partial charge in [-0.3, -0.25) is 4.79 Å². The Kier molecular flexibility index (Phi) is 5.22. The number of hydrogen-bond donors (Lipinski definition) is 0. The molecule has 0 unspecified atom stereocenters. The van der Waals surface area contributed by atoms with E-state index in [0.29, 0.717) is 23.9 Å². The summed E-state index contributed by atoms with van der Waals surface area (Å²) in [6.07, 6.45) is 7.68. The van der Waals surface area contributed by atoms with E-state index < -0.39 is 0 Å². The summed E-state index contributed by atoms with van der Waals surface area (Å²) < 4.78 is 5.31. The standard InChI is InChI=1S/C17H23NO2/c1-3-13-18(14-9-5-4-6-10-14)17(19)15-11-7-8-12-16(15)20-2/h3,7-8,11-12,14H,1,4-6,9-10,13H2,2H3. The Morgan fingerprint density at radius 2 is 2.05 bits per heavy atom. The van der Waals surface area contributed by atoms with Gasteiger partial charge in [0.15, 0.2) is 0 Å². The highest BCUT2D eigenvalue weighted by atomic mass is 16.5. The first-order valence-corrected chi connectivity index (χ1v) is 7.32. The zero-order chi connectivity index (χ0) is 14.4. The van der Waals surface area contributed by atoms with Crippen molar-refractivity contribution >= 4 is 5.91 Å². The lowest BCUT2D eigenvalue weighted by Crippen LogP contribution is -2.41. The highest BCUT2D eigenvalue weighted by Crippen LogP contribution is 2.26. The number of rotatable bonds is 5. The van der Waals surface area contributed by atoms with Crippen LogP contribution in [0, 0.1) is 0 Å².